The molecular weight excluding hydrogens is 529 g/mol. The second-order valence-electron chi connectivity index (χ2n) is 10.7. The van der Waals surface area contributed by atoms with Crippen LogP contribution in [0.1, 0.15) is 43.7 Å². The molecule has 0 radical (unpaired) electrons. The van der Waals surface area contributed by atoms with Gasteiger partial charge in [0.1, 0.15) is 11.9 Å². The lowest BCUT2D eigenvalue weighted by Gasteiger charge is -2.37. The Morgan fingerprint density at radius 2 is 1.72 bits per heavy atom. The van der Waals surface area contributed by atoms with Gasteiger partial charge in [0.2, 0.25) is 0 Å². The number of hydrogen-bond acceptors (Lipinski definition) is 3. The van der Waals surface area contributed by atoms with E-state index in [1.54, 1.807) is 18.3 Å². The maximum absolute atomic E-state index is 15.0. The molecule has 2 fully saturated rings. The van der Waals surface area contributed by atoms with Gasteiger partial charge in [0.05, 0.1) is 28.1 Å². The van der Waals surface area contributed by atoms with E-state index in [2.05, 4.69) is 46.1 Å². The van der Waals surface area contributed by atoms with E-state index in [1.807, 2.05) is 53.2 Å². The number of piperidine rings is 1. The molecule has 2 aliphatic heterocycles. The van der Waals surface area contributed by atoms with Gasteiger partial charge in [0, 0.05) is 36.9 Å². The van der Waals surface area contributed by atoms with Crippen molar-refractivity contribution in [1.82, 2.24) is 14.9 Å². The largest absolute Gasteiger partial charge is 0.370 e. The number of anilines is 2. The van der Waals surface area contributed by atoms with Crippen LogP contribution in [0.25, 0.3) is 5.69 Å². The number of para-hydroxylation sites is 1. The molecule has 39 heavy (non-hydrogen) atoms. The number of aromatic nitrogens is 2. The molecule has 0 saturated carbocycles. The van der Waals surface area contributed by atoms with Crippen LogP contribution in [0.2, 0.25) is 5.02 Å². The smallest absolute Gasteiger partial charge is 0.174 e. The average Bonchev–Trinajstić information content (AvgIpc) is 3.53. The van der Waals surface area contributed by atoms with Crippen molar-refractivity contribution in [3.05, 3.63) is 107 Å². The van der Waals surface area contributed by atoms with Gasteiger partial charge >= 0.3 is 0 Å². The van der Waals surface area contributed by atoms with Gasteiger partial charge in [0.25, 0.3) is 0 Å². The predicted octanol–water partition coefficient (Wildman–Crippen LogP) is 7.32. The van der Waals surface area contributed by atoms with Crippen molar-refractivity contribution in [1.29, 1.82) is 0 Å². The molecule has 4 atom stereocenters. The molecule has 2 aliphatic rings. The zero-order valence-corrected chi connectivity index (χ0v) is 23.5. The first kappa shape index (κ1) is 25.8. The Kier molecular flexibility index (Phi) is 7.04. The molecule has 1 N–H and O–H groups in total. The summed E-state index contributed by atoms with van der Waals surface area (Å²) in [5.41, 5.74) is 4.15. The summed E-state index contributed by atoms with van der Waals surface area (Å²) in [7, 11) is 0. The van der Waals surface area contributed by atoms with Gasteiger partial charge in [0.15, 0.2) is 5.11 Å². The van der Waals surface area contributed by atoms with Crippen LogP contribution >= 0.6 is 23.8 Å². The Morgan fingerprint density at radius 3 is 2.44 bits per heavy atom. The summed E-state index contributed by atoms with van der Waals surface area (Å²) in [6.45, 7) is 6.58. The molecular formula is C31H31ClFN5S. The van der Waals surface area contributed by atoms with E-state index in [0.717, 1.165) is 35.9 Å². The fraction of sp³-hybridized carbons (Fsp3) is 0.290. The van der Waals surface area contributed by atoms with Gasteiger partial charge in [-0.1, -0.05) is 43.6 Å². The molecule has 0 spiro atoms. The van der Waals surface area contributed by atoms with Crippen molar-refractivity contribution in [3.63, 3.8) is 0 Å². The third-order valence-corrected chi connectivity index (χ3v) is 8.33. The van der Waals surface area contributed by atoms with Crippen LogP contribution in [0.5, 0.6) is 0 Å². The van der Waals surface area contributed by atoms with Crippen molar-refractivity contribution >= 4 is 40.3 Å². The van der Waals surface area contributed by atoms with E-state index < -0.39 is 0 Å². The van der Waals surface area contributed by atoms with E-state index in [4.69, 9.17) is 23.8 Å². The second kappa shape index (κ2) is 10.6. The topological polar surface area (TPSA) is 36.3 Å². The van der Waals surface area contributed by atoms with Crippen molar-refractivity contribution in [3.8, 4) is 5.69 Å². The van der Waals surface area contributed by atoms with Crippen LogP contribution in [0, 0.1) is 17.7 Å². The SMILES string of the molecule is CC1CC(C)CN(c2ccc(N3C(=S)NC(c4ccccn4)C3c3cccn3-c3ccccc3F)cc2Cl)C1. The minimum atomic E-state index is -0.293. The standard InChI is InChI=1S/C31H31ClFN5S/c1-20-16-21(2)19-36(18-20)26-13-12-22(17-23(26)32)38-30(29(35-31(38)39)25-9-5-6-14-34-25)28-11-7-15-37(28)27-10-4-3-8-24(27)33/h3-15,17,20-21,29-30H,16,18-19H2,1-2H3,(H,35,39). The highest BCUT2D eigenvalue weighted by molar-refractivity contribution is 7.80. The number of thiocarbonyl (C=S) groups is 1. The number of hydrogen-bond donors (Lipinski definition) is 1. The molecule has 200 valence electrons. The average molecular weight is 560 g/mol. The molecule has 4 unspecified atom stereocenters. The van der Waals surface area contributed by atoms with Crippen LogP contribution in [-0.2, 0) is 0 Å². The lowest BCUT2D eigenvalue weighted by molar-refractivity contribution is 0.357. The minimum absolute atomic E-state index is 0.249. The molecule has 0 amide bonds. The van der Waals surface area contributed by atoms with Crippen LogP contribution in [0.15, 0.2) is 85.2 Å². The quantitative estimate of drug-likeness (QED) is 0.259. The van der Waals surface area contributed by atoms with Crippen molar-refractivity contribution in [2.24, 2.45) is 11.8 Å². The number of rotatable bonds is 5. The number of halogens is 2. The van der Waals surface area contributed by atoms with Gasteiger partial charge in [-0.2, -0.15) is 0 Å². The molecule has 5 nitrogen and oxygen atoms in total. The van der Waals surface area contributed by atoms with Gasteiger partial charge in [-0.15, -0.1) is 0 Å². The van der Waals surface area contributed by atoms with Crippen LogP contribution in [-0.4, -0.2) is 27.8 Å². The molecule has 4 aromatic rings. The molecule has 2 aromatic heterocycles. The zero-order chi connectivity index (χ0) is 27.1. The first-order valence-electron chi connectivity index (χ1n) is 13.4. The summed E-state index contributed by atoms with van der Waals surface area (Å²) in [4.78, 5) is 9.12. The molecule has 2 saturated heterocycles. The summed E-state index contributed by atoms with van der Waals surface area (Å²) in [6.07, 6.45) is 4.90. The monoisotopic (exact) mass is 559 g/mol. The van der Waals surface area contributed by atoms with Gasteiger partial charge in [-0.3, -0.25) is 4.98 Å². The summed E-state index contributed by atoms with van der Waals surface area (Å²) < 4.78 is 16.8. The Hall–Kier alpha value is -3.42. The van der Waals surface area contributed by atoms with E-state index in [9.17, 15) is 4.39 Å². The van der Waals surface area contributed by atoms with Crippen LogP contribution < -0.4 is 15.1 Å². The Balaban J connectivity index is 1.43. The van der Waals surface area contributed by atoms with Crippen molar-refractivity contribution in [2.45, 2.75) is 32.4 Å². The van der Waals surface area contributed by atoms with E-state index in [-0.39, 0.29) is 17.9 Å². The highest BCUT2D eigenvalue weighted by Gasteiger charge is 2.42. The van der Waals surface area contributed by atoms with Gasteiger partial charge in [-0.05, 0) is 85.1 Å². The summed E-state index contributed by atoms with van der Waals surface area (Å²) in [6, 6.07) is 22.3. The zero-order valence-electron chi connectivity index (χ0n) is 22.0. The van der Waals surface area contributed by atoms with E-state index >= 15 is 0 Å². The van der Waals surface area contributed by atoms with Gasteiger partial charge in [-0.25, -0.2) is 4.39 Å². The number of benzene rings is 2. The predicted molar refractivity (Wildman–Crippen MR) is 160 cm³/mol. The molecule has 0 bridgehead atoms. The Morgan fingerprint density at radius 1 is 0.949 bits per heavy atom. The normalized spacial score (nSPS) is 23.2. The molecule has 8 heteroatoms. The summed E-state index contributed by atoms with van der Waals surface area (Å²) in [5, 5.41) is 4.76. The molecule has 4 heterocycles. The number of pyridine rings is 1. The lowest BCUT2D eigenvalue weighted by Crippen LogP contribution is -2.38. The molecule has 2 aromatic carbocycles. The van der Waals surface area contributed by atoms with Crippen LogP contribution in [0.4, 0.5) is 15.8 Å². The maximum atomic E-state index is 15.0. The Labute approximate surface area is 239 Å². The van der Waals surface area contributed by atoms with Crippen molar-refractivity contribution in [2.75, 3.05) is 22.9 Å². The van der Waals surface area contributed by atoms with E-state index in [0.29, 0.717) is 27.7 Å². The molecule has 0 aliphatic carbocycles. The number of nitrogens with one attached hydrogen (secondary N) is 1. The fourth-order valence-electron chi connectivity index (χ4n) is 6.20. The summed E-state index contributed by atoms with van der Waals surface area (Å²) >= 11 is 12.9. The maximum Gasteiger partial charge on any atom is 0.174 e. The second-order valence-corrected chi connectivity index (χ2v) is 11.5. The van der Waals surface area contributed by atoms with E-state index in [1.165, 1.54) is 12.5 Å². The van der Waals surface area contributed by atoms with Gasteiger partial charge < -0.3 is 19.7 Å². The van der Waals surface area contributed by atoms with Crippen molar-refractivity contribution < 1.29 is 4.39 Å². The fourth-order valence-corrected chi connectivity index (χ4v) is 6.84. The third kappa shape index (κ3) is 4.90. The first-order valence-corrected chi connectivity index (χ1v) is 14.2. The summed E-state index contributed by atoms with van der Waals surface area (Å²) in [5.74, 6) is 0.950. The highest BCUT2D eigenvalue weighted by Crippen LogP contribution is 2.44. The number of nitrogens with zero attached hydrogens (tertiary/aromatic N) is 4. The third-order valence-electron chi connectivity index (χ3n) is 7.71. The highest BCUT2D eigenvalue weighted by atomic mass is 35.5. The Bertz CT molecular complexity index is 1480. The lowest BCUT2D eigenvalue weighted by atomic mass is 9.91. The first-order chi connectivity index (χ1) is 18.9. The minimum Gasteiger partial charge on any atom is -0.370 e. The van der Waals surface area contributed by atoms with Crippen LogP contribution in [0.3, 0.4) is 0 Å². The molecule has 6 rings (SSSR count).